The third-order valence-corrected chi connectivity index (χ3v) is 3.91. The average Bonchev–Trinajstić information content (AvgIpc) is 2.89. The van der Waals surface area contributed by atoms with Gasteiger partial charge in [-0.15, -0.1) is 0 Å². The molecule has 2 rings (SSSR count). The second kappa shape index (κ2) is 7.27. The van der Waals surface area contributed by atoms with Crippen LogP contribution in [0.4, 0.5) is 0 Å². The van der Waals surface area contributed by atoms with E-state index >= 15 is 0 Å². The predicted molar refractivity (Wildman–Crippen MR) is 80.4 cm³/mol. The summed E-state index contributed by atoms with van der Waals surface area (Å²) >= 11 is 3.46. The van der Waals surface area contributed by atoms with Gasteiger partial charge in [0.15, 0.2) is 0 Å². The summed E-state index contributed by atoms with van der Waals surface area (Å²) < 4.78 is 12.5. The Balaban J connectivity index is 1.81. The second-order valence-corrected chi connectivity index (χ2v) is 6.01. The molecule has 3 nitrogen and oxygen atoms in total. The summed E-state index contributed by atoms with van der Waals surface area (Å²) in [6, 6.07) is 5.97. The van der Waals surface area contributed by atoms with Gasteiger partial charge >= 0.3 is 0 Å². The molecular formula is C15H22BrNO2. The van der Waals surface area contributed by atoms with Crippen molar-refractivity contribution in [2.24, 2.45) is 5.73 Å². The van der Waals surface area contributed by atoms with Crippen molar-refractivity contribution in [1.82, 2.24) is 0 Å². The number of ether oxygens (including phenoxy) is 2. The maximum absolute atomic E-state index is 5.97. The topological polar surface area (TPSA) is 44.5 Å². The normalized spacial score (nSPS) is 20.5. The zero-order chi connectivity index (χ0) is 13.7. The molecule has 0 spiro atoms. The Morgan fingerprint density at radius 1 is 1.53 bits per heavy atom. The van der Waals surface area contributed by atoms with Crippen molar-refractivity contribution in [2.75, 3.05) is 13.2 Å². The zero-order valence-corrected chi connectivity index (χ0v) is 13.0. The van der Waals surface area contributed by atoms with Crippen LogP contribution in [0.5, 0.6) is 5.75 Å². The van der Waals surface area contributed by atoms with E-state index in [4.69, 9.17) is 15.2 Å². The summed E-state index contributed by atoms with van der Waals surface area (Å²) in [6.07, 6.45) is 4.96. The fourth-order valence-corrected chi connectivity index (χ4v) is 2.75. The molecule has 106 valence electrons. The molecule has 1 aliphatic heterocycles. The molecule has 1 aromatic carbocycles. The molecule has 0 radical (unpaired) electrons. The highest BCUT2D eigenvalue weighted by molar-refractivity contribution is 9.10. The molecule has 1 fully saturated rings. The summed E-state index contributed by atoms with van der Waals surface area (Å²) in [5, 5.41) is 0. The first-order valence-corrected chi connectivity index (χ1v) is 7.75. The fourth-order valence-electron chi connectivity index (χ4n) is 2.37. The van der Waals surface area contributed by atoms with Crippen LogP contribution in [0.15, 0.2) is 22.7 Å². The van der Waals surface area contributed by atoms with E-state index in [1.165, 1.54) is 12.8 Å². The molecule has 1 aliphatic rings. The first kappa shape index (κ1) is 14.8. The molecule has 0 bridgehead atoms. The van der Waals surface area contributed by atoms with Crippen molar-refractivity contribution in [3.8, 4) is 5.75 Å². The lowest BCUT2D eigenvalue weighted by molar-refractivity contribution is 0.0980. The number of nitrogens with two attached hydrogens (primary N) is 1. The Kier molecular flexibility index (Phi) is 5.67. The molecule has 2 atom stereocenters. The van der Waals surface area contributed by atoms with E-state index in [-0.39, 0.29) is 6.04 Å². The standard InChI is InChI=1S/C15H22BrNO2/c1-11(17)14-10-12(16)6-7-15(14)19-9-3-5-13-4-2-8-18-13/h6-7,10-11,13H,2-5,8-9,17H2,1H3/t11-,13?/m0/s1. The van der Waals surface area contributed by atoms with Crippen LogP contribution in [0.25, 0.3) is 0 Å². The van der Waals surface area contributed by atoms with Crippen molar-refractivity contribution in [1.29, 1.82) is 0 Å². The summed E-state index contributed by atoms with van der Waals surface area (Å²) in [5.74, 6) is 0.894. The van der Waals surface area contributed by atoms with Gasteiger partial charge in [-0.2, -0.15) is 0 Å². The van der Waals surface area contributed by atoms with Gasteiger partial charge in [0.25, 0.3) is 0 Å². The van der Waals surface area contributed by atoms with Crippen LogP contribution in [0.1, 0.15) is 44.2 Å². The lowest BCUT2D eigenvalue weighted by atomic mass is 10.1. The number of benzene rings is 1. The Labute approximate surface area is 123 Å². The highest BCUT2D eigenvalue weighted by Gasteiger charge is 2.15. The minimum atomic E-state index is -0.0225. The van der Waals surface area contributed by atoms with Gasteiger partial charge in [0.1, 0.15) is 5.75 Å². The van der Waals surface area contributed by atoms with Gasteiger partial charge in [0.05, 0.1) is 12.7 Å². The van der Waals surface area contributed by atoms with Crippen molar-refractivity contribution >= 4 is 15.9 Å². The molecule has 0 aliphatic carbocycles. The van der Waals surface area contributed by atoms with E-state index in [9.17, 15) is 0 Å². The number of rotatable bonds is 6. The third kappa shape index (κ3) is 4.48. The number of hydrogen-bond acceptors (Lipinski definition) is 3. The lowest BCUT2D eigenvalue weighted by Gasteiger charge is -2.15. The monoisotopic (exact) mass is 327 g/mol. The van der Waals surface area contributed by atoms with Gasteiger partial charge in [0, 0.05) is 22.7 Å². The maximum Gasteiger partial charge on any atom is 0.124 e. The predicted octanol–water partition coefficient (Wildman–Crippen LogP) is 3.81. The van der Waals surface area contributed by atoms with E-state index in [1.807, 2.05) is 25.1 Å². The molecule has 0 saturated carbocycles. The molecule has 19 heavy (non-hydrogen) atoms. The highest BCUT2D eigenvalue weighted by Crippen LogP contribution is 2.27. The minimum absolute atomic E-state index is 0.0225. The van der Waals surface area contributed by atoms with Crippen LogP contribution >= 0.6 is 15.9 Å². The van der Waals surface area contributed by atoms with Crippen molar-refractivity contribution < 1.29 is 9.47 Å². The van der Waals surface area contributed by atoms with Gasteiger partial charge in [0.2, 0.25) is 0 Å². The first-order valence-electron chi connectivity index (χ1n) is 6.96. The Morgan fingerprint density at radius 3 is 3.05 bits per heavy atom. The maximum atomic E-state index is 5.97. The summed E-state index contributed by atoms with van der Waals surface area (Å²) in [6.45, 7) is 3.62. The van der Waals surface area contributed by atoms with Crippen LogP contribution in [0.2, 0.25) is 0 Å². The molecule has 2 N–H and O–H groups in total. The molecule has 4 heteroatoms. The van der Waals surface area contributed by atoms with E-state index in [1.54, 1.807) is 0 Å². The van der Waals surface area contributed by atoms with Gasteiger partial charge in [-0.25, -0.2) is 0 Å². The lowest BCUT2D eigenvalue weighted by Crippen LogP contribution is -2.10. The fraction of sp³-hybridized carbons (Fsp3) is 0.600. The number of hydrogen-bond donors (Lipinski definition) is 1. The summed E-state index contributed by atoms with van der Waals surface area (Å²) in [7, 11) is 0. The van der Waals surface area contributed by atoms with Crippen LogP contribution in [0.3, 0.4) is 0 Å². The van der Waals surface area contributed by atoms with Gasteiger partial charge in [-0.05, 0) is 50.8 Å². The largest absolute Gasteiger partial charge is 0.493 e. The van der Waals surface area contributed by atoms with Crippen molar-refractivity contribution in [2.45, 2.75) is 44.8 Å². The molecule has 1 heterocycles. The van der Waals surface area contributed by atoms with Crippen LogP contribution in [-0.4, -0.2) is 19.3 Å². The Morgan fingerprint density at radius 2 is 2.37 bits per heavy atom. The van der Waals surface area contributed by atoms with Gasteiger partial charge in [-0.3, -0.25) is 0 Å². The quantitative estimate of drug-likeness (QED) is 0.808. The van der Waals surface area contributed by atoms with Crippen molar-refractivity contribution in [3.05, 3.63) is 28.2 Å². The van der Waals surface area contributed by atoms with Gasteiger partial charge in [-0.1, -0.05) is 15.9 Å². The molecule has 0 amide bonds. The zero-order valence-electron chi connectivity index (χ0n) is 11.4. The van der Waals surface area contributed by atoms with Crippen LogP contribution in [0, 0.1) is 0 Å². The van der Waals surface area contributed by atoms with Crippen LogP contribution < -0.4 is 10.5 Å². The van der Waals surface area contributed by atoms with E-state index in [2.05, 4.69) is 15.9 Å². The second-order valence-electron chi connectivity index (χ2n) is 5.10. The summed E-state index contributed by atoms with van der Waals surface area (Å²) in [4.78, 5) is 0. The Hall–Kier alpha value is -0.580. The Bertz CT molecular complexity index is 403. The van der Waals surface area contributed by atoms with E-state index < -0.39 is 0 Å². The molecule has 1 unspecified atom stereocenters. The molecular weight excluding hydrogens is 306 g/mol. The minimum Gasteiger partial charge on any atom is -0.493 e. The first-order chi connectivity index (χ1) is 9.16. The van der Waals surface area contributed by atoms with E-state index in [0.29, 0.717) is 6.10 Å². The smallest absolute Gasteiger partial charge is 0.124 e. The van der Waals surface area contributed by atoms with E-state index in [0.717, 1.165) is 41.8 Å². The molecule has 0 aromatic heterocycles. The highest BCUT2D eigenvalue weighted by atomic mass is 79.9. The third-order valence-electron chi connectivity index (χ3n) is 3.41. The molecule has 1 aromatic rings. The summed E-state index contributed by atoms with van der Waals surface area (Å²) in [5.41, 5.74) is 7.01. The number of halogens is 1. The van der Waals surface area contributed by atoms with Crippen molar-refractivity contribution in [3.63, 3.8) is 0 Å². The average molecular weight is 328 g/mol. The SMILES string of the molecule is C[C@H](N)c1cc(Br)ccc1OCCCC1CCCO1. The van der Waals surface area contributed by atoms with Gasteiger partial charge < -0.3 is 15.2 Å². The molecule has 1 saturated heterocycles. The van der Waals surface area contributed by atoms with Crippen LogP contribution in [-0.2, 0) is 4.74 Å².